The maximum Gasteiger partial charge on any atom is 0.333 e. The summed E-state index contributed by atoms with van der Waals surface area (Å²) in [5.74, 6) is -0.931. The van der Waals surface area contributed by atoms with Crippen molar-refractivity contribution in [1.82, 2.24) is 29.5 Å². The van der Waals surface area contributed by atoms with E-state index in [2.05, 4.69) is 15.8 Å². The number of fused-ring (bicyclic) bond motifs is 1. The molecule has 0 saturated heterocycles. The number of nitrogens with zero attached hydrogens (tertiary/aromatic N) is 4. The van der Waals surface area contributed by atoms with E-state index in [9.17, 15) is 19.2 Å². The Morgan fingerprint density at radius 2 is 1.82 bits per heavy atom. The van der Waals surface area contributed by atoms with Gasteiger partial charge in [0.05, 0.1) is 24.7 Å². The van der Waals surface area contributed by atoms with Crippen molar-refractivity contribution in [2.75, 3.05) is 0 Å². The third-order valence-corrected chi connectivity index (χ3v) is 5.23. The van der Waals surface area contributed by atoms with Gasteiger partial charge in [-0.2, -0.15) is 0 Å². The molecule has 2 amide bonds. The van der Waals surface area contributed by atoms with Gasteiger partial charge < -0.3 is 8.98 Å². The molecule has 11 heteroatoms. The van der Waals surface area contributed by atoms with Crippen molar-refractivity contribution in [2.24, 2.45) is 0 Å². The molecule has 0 unspecified atom stereocenters. The predicted octanol–water partition coefficient (Wildman–Crippen LogP) is 0.791. The van der Waals surface area contributed by atoms with Gasteiger partial charge in [0.2, 0.25) is 0 Å². The van der Waals surface area contributed by atoms with Crippen molar-refractivity contribution in [3.63, 3.8) is 0 Å². The molecule has 11 nitrogen and oxygen atoms in total. The van der Waals surface area contributed by atoms with Gasteiger partial charge in [0, 0.05) is 6.54 Å². The summed E-state index contributed by atoms with van der Waals surface area (Å²) in [4.78, 5) is 55.2. The number of carbonyl (C=O) groups is 2. The summed E-state index contributed by atoms with van der Waals surface area (Å²) < 4.78 is 8.88. The van der Waals surface area contributed by atoms with E-state index >= 15 is 0 Å². The number of imidazole rings is 1. The first-order valence-corrected chi connectivity index (χ1v) is 10.3. The quantitative estimate of drug-likeness (QED) is 0.417. The van der Waals surface area contributed by atoms with E-state index in [-0.39, 0.29) is 23.3 Å². The van der Waals surface area contributed by atoms with E-state index in [1.807, 2.05) is 37.3 Å². The van der Waals surface area contributed by atoms with Gasteiger partial charge in [-0.05, 0) is 25.5 Å². The van der Waals surface area contributed by atoms with Crippen LogP contribution in [0, 0.1) is 6.92 Å². The van der Waals surface area contributed by atoms with E-state index in [0.717, 1.165) is 10.1 Å². The molecule has 0 saturated carbocycles. The Morgan fingerprint density at radius 1 is 1.06 bits per heavy atom. The van der Waals surface area contributed by atoms with Crippen LogP contribution in [0.25, 0.3) is 11.2 Å². The van der Waals surface area contributed by atoms with Gasteiger partial charge >= 0.3 is 5.69 Å². The summed E-state index contributed by atoms with van der Waals surface area (Å²) >= 11 is 0. The topological polar surface area (TPSA) is 133 Å². The summed E-state index contributed by atoms with van der Waals surface area (Å²) in [6.07, 6.45) is 2.85. The largest absolute Gasteiger partial charge is 0.469 e. The van der Waals surface area contributed by atoms with Crippen molar-refractivity contribution in [2.45, 2.75) is 33.5 Å². The second-order valence-electron chi connectivity index (χ2n) is 7.34. The molecule has 0 aliphatic heterocycles. The molecule has 0 spiro atoms. The highest BCUT2D eigenvalue weighted by molar-refractivity contribution is 5.96. The van der Waals surface area contributed by atoms with Crippen LogP contribution < -0.4 is 22.1 Å². The molecular weight excluding hydrogens is 428 g/mol. The van der Waals surface area contributed by atoms with Gasteiger partial charge in [0.25, 0.3) is 17.4 Å². The molecule has 0 radical (unpaired) electrons. The highest BCUT2D eigenvalue weighted by Crippen LogP contribution is 2.10. The van der Waals surface area contributed by atoms with Gasteiger partial charge in [-0.25, -0.2) is 14.3 Å². The van der Waals surface area contributed by atoms with Crippen molar-refractivity contribution in [3.05, 3.63) is 86.7 Å². The highest BCUT2D eigenvalue weighted by atomic mass is 16.3. The average molecular weight is 450 g/mol. The SMILES string of the molecule is CCn1cnc2c1c(=O)n(CC(=O)NNC(=O)c1ccoc1C)c(=O)n2Cc1ccccc1. The Kier molecular flexibility index (Phi) is 5.94. The minimum absolute atomic E-state index is 0.176. The van der Waals surface area contributed by atoms with Crippen molar-refractivity contribution >= 4 is 23.0 Å². The fourth-order valence-electron chi connectivity index (χ4n) is 3.52. The molecular formula is C22H22N6O5. The first kappa shape index (κ1) is 21.8. The van der Waals surface area contributed by atoms with Crippen molar-refractivity contribution in [3.8, 4) is 0 Å². The Hall–Kier alpha value is -4.41. The van der Waals surface area contributed by atoms with Crippen molar-refractivity contribution < 1.29 is 14.0 Å². The molecule has 3 aromatic heterocycles. The molecule has 0 aliphatic carbocycles. The van der Waals surface area contributed by atoms with Crippen LogP contribution in [0.1, 0.15) is 28.6 Å². The van der Waals surface area contributed by atoms with Crippen molar-refractivity contribution in [1.29, 1.82) is 0 Å². The van der Waals surface area contributed by atoms with Gasteiger partial charge in [0.1, 0.15) is 12.3 Å². The number of hydrazine groups is 1. The number of carbonyl (C=O) groups excluding carboxylic acids is 2. The minimum atomic E-state index is -0.739. The summed E-state index contributed by atoms with van der Waals surface area (Å²) in [6, 6.07) is 10.7. The number of benzene rings is 1. The molecule has 3 heterocycles. The van der Waals surface area contributed by atoms with Crippen LogP contribution in [-0.4, -0.2) is 30.5 Å². The molecule has 0 aliphatic rings. The lowest BCUT2D eigenvalue weighted by molar-refractivity contribution is -0.122. The average Bonchev–Trinajstić information content (AvgIpc) is 3.44. The monoisotopic (exact) mass is 450 g/mol. The maximum absolute atomic E-state index is 13.2. The molecule has 1 aromatic carbocycles. The summed E-state index contributed by atoms with van der Waals surface area (Å²) in [7, 11) is 0. The molecule has 170 valence electrons. The van der Waals surface area contributed by atoms with Gasteiger partial charge in [0.15, 0.2) is 11.2 Å². The van der Waals surface area contributed by atoms with Crippen LogP contribution in [-0.2, 0) is 24.4 Å². The third kappa shape index (κ3) is 4.20. The zero-order valence-corrected chi connectivity index (χ0v) is 18.1. The number of aryl methyl sites for hydroxylation is 2. The van der Waals surface area contributed by atoms with E-state index < -0.39 is 29.6 Å². The molecule has 0 bridgehead atoms. The lowest BCUT2D eigenvalue weighted by Gasteiger charge is -2.13. The highest BCUT2D eigenvalue weighted by Gasteiger charge is 2.20. The first-order chi connectivity index (χ1) is 15.9. The lowest BCUT2D eigenvalue weighted by atomic mass is 10.2. The van der Waals surface area contributed by atoms with Crippen LogP contribution in [0.3, 0.4) is 0 Å². The van der Waals surface area contributed by atoms with E-state index in [1.165, 1.54) is 23.2 Å². The first-order valence-electron chi connectivity index (χ1n) is 10.3. The number of nitrogens with one attached hydrogen (secondary N) is 2. The predicted molar refractivity (Wildman–Crippen MR) is 119 cm³/mol. The molecule has 33 heavy (non-hydrogen) atoms. The Balaban J connectivity index is 1.66. The Labute approximate surface area is 187 Å². The second-order valence-corrected chi connectivity index (χ2v) is 7.34. The fraction of sp³-hybridized carbons (Fsp3) is 0.227. The van der Waals surface area contributed by atoms with E-state index in [4.69, 9.17) is 4.42 Å². The van der Waals surface area contributed by atoms with Crippen LogP contribution >= 0.6 is 0 Å². The number of rotatable bonds is 6. The standard InChI is InChI=1S/C22H22N6O5/c1-3-26-13-23-19-18(26)21(31)28(22(32)27(19)11-15-7-5-4-6-8-15)12-17(29)24-25-20(30)16-9-10-33-14(16)2/h4-10,13H,3,11-12H2,1-2H3,(H,24,29)(H,25,30). The number of hydrogen-bond acceptors (Lipinski definition) is 6. The fourth-order valence-corrected chi connectivity index (χ4v) is 3.52. The number of amides is 2. The second kappa shape index (κ2) is 8.99. The molecule has 4 rings (SSSR count). The van der Waals surface area contributed by atoms with Crippen LogP contribution in [0.2, 0.25) is 0 Å². The molecule has 4 aromatic rings. The molecule has 0 fully saturated rings. The maximum atomic E-state index is 13.2. The van der Waals surface area contributed by atoms with Gasteiger partial charge in [-0.3, -0.25) is 29.8 Å². The zero-order valence-electron chi connectivity index (χ0n) is 18.1. The van der Waals surface area contributed by atoms with Gasteiger partial charge in [-0.1, -0.05) is 30.3 Å². The number of aromatic nitrogens is 4. The summed E-state index contributed by atoms with van der Waals surface area (Å²) in [5.41, 5.74) is 4.73. The number of furan rings is 1. The number of hydrogen-bond donors (Lipinski definition) is 2. The summed E-state index contributed by atoms with van der Waals surface area (Å²) in [6.45, 7) is 3.51. The van der Waals surface area contributed by atoms with E-state index in [0.29, 0.717) is 12.3 Å². The Morgan fingerprint density at radius 3 is 2.48 bits per heavy atom. The van der Waals surface area contributed by atoms with Crippen LogP contribution in [0.5, 0.6) is 0 Å². The third-order valence-electron chi connectivity index (χ3n) is 5.23. The zero-order chi connectivity index (χ0) is 23.5. The van der Waals surface area contributed by atoms with Crippen LogP contribution in [0.4, 0.5) is 0 Å². The molecule has 2 N–H and O–H groups in total. The van der Waals surface area contributed by atoms with Crippen LogP contribution in [0.15, 0.2) is 63.0 Å². The summed E-state index contributed by atoms with van der Waals surface area (Å²) in [5, 5.41) is 0. The van der Waals surface area contributed by atoms with E-state index in [1.54, 1.807) is 11.5 Å². The van der Waals surface area contributed by atoms with Gasteiger partial charge in [-0.15, -0.1) is 0 Å². The minimum Gasteiger partial charge on any atom is -0.469 e. The lowest BCUT2D eigenvalue weighted by Crippen LogP contribution is -2.48. The normalized spacial score (nSPS) is 11.0. The smallest absolute Gasteiger partial charge is 0.333 e. The molecule has 0 atom stereocenters. The Bertz CT molecular complexity index is 1440.